The summed E-state index contributed by atoms with van der Waals surface area (Å²) in [6.07, 6.45) is 0. The second-order valence-corrected chi connectivity index (χ2v) is 30.9. The normalized spacial score (nSPS) is 13.9. The molecule has 13 aromatic carbocycles. The monoisotopic (exact) mass is 1320 g/mol. The number of para-hydroxylation sites is 8. The average molecular weight is 1320 g/mol. The zero-order chi connectivity index (χ0) is 69.1. The molecule has 19 rings (SSSR count). The number of anilines is 17. The van der Waals surface area contributed by atoms with Crippen molar-refractivity contribution in [1.82, 2.24) is 0 Å². The van der Waals surface area contributed by atoms with Crippen molar-refractivity contribution in [2.45, 2.75) is 78.9 Å². The minimum atomic E-state index is -0.438. The van der Waals surface area contributed by atoms with Gasteiger partial charge in [-0.1, -0.05) is 158 Å². The van der Waals surface area contributed by atoms with Gasteiger partial charge in [-0.05, 0) is 233 Å². The molecule has 0 radical (unpaired) electrons. The zero-order valence-electron chi connectivity index (χ0n) is 58.9. The van der Waals surface area contributed by atoms with Crippen molar-refractivity contribution < 1.29 is 9.47 Å². The van der Waals surface area contributed by atoms with E-state index in [-0.39, 0.29) is 20.1 Å². The number of hydrogen-bond acceptors (Lipinski definition) is 9. The number of benzene rings is 13. The molecular formula is C90H76B3N7O2. The van der Waals surface area contributed by atoms with Crippen LogP contribution in [0, 0.1) is 0 Å². The van der Waals surface area contributed by atoms with E-state index in [2.05, 4.69) is 388 Å². The standard InChI is InChI=1S/C90H76B3N7O2/c1-88(2,3)98-75-56-73-69(54-70(75)91-67-44-28-30-46-81(67)101-83-52-65(50-79(98)86(83)91)96(60-36-20-12-21-37-60)61-38-22-13-23-39-61)93-72-55-71-76(57-77(72)99(89(4,5)6)78-49-64(48-74(94-73)85(78)93)95(58-32-16-10-17-33-58)59-34-18-11-19-35-59)100(90(7,8)9)80-51-66(53-84-87(80)92(71)68-45-29-31-47-82(68)102-84)97(62-40-24-14-25-41-62)63-42-26-15-27-43-63/h10-57,94H,1-9H3. The summed E-state index contributed by atoms with van der Waals surface area (Å²) in [5, 5.41) is 4.32. The van der Waals surface area contributed by atoms with Crippen LogP contribution in [0.2, 0.25) is 0 Å². The van der Waals surface area contributed by atoms with Crippen molar-refractivity contribution in [3.8, 4) is 23.0 Å². The Labute approximate surface area is 599 Å². The van der Waals surface area contributed by atoms with Crippen LogP contribution in [0.1, 0.15) is 62.3 Å². The molecule has 0 amide bonds. The minimum absolute atomic E-state index is 0.167. The molecule has 492 valence electrons. The third kappa shape index (κ3) is 9.62. The maximum absolute atomic E-state index is 7.33. The first kappa shape index (κ1) is 61.4. The Kier molecular flexibility index (Phi) is 13.8. The Bertz CT molecular complexity index is 5390. The van der Waals surface area contributed by atoms with Gasteiger partial charge in [0.25, 0.3) is 20.1 Å². The summed E-state index contributed by atoms with van der Waals surface area (Å²) in [7, 11) is 0. The maximum atomic E-state index is 7.33. The van der Waals surface area contributed by atoms with Gasteiger partial charge < -0.3 is 44.2 Å². The average Bonchev–Trinajstić information content (AvgIpc) is 0.687. The number of nitrogens with zero attached hydrogens (tertiary/aromatic N) is 6. The van der Waals surface area contributed by atoms with E-state index >= 15 is 0 Å². The molecule has 13 aromatic rings. The molecule has 0 saturated heterocycles. The maximum Gasteiger partial charge on any atom is 0.256 e. The zero-order valence-corrected chi connectivity index (χ0v) is 58.9. The quantitative estimate of drug-likeness (QED) is 0.142. The van der Waals surface area contributed by atoms with Gasteiger partial charge in [0.15, 0.2) is 0 Å². The lowest BCUT2D eigenvalue weighted by Gasteiger charge is -2.51. The summed E-state index contributed by atoms with van der Waals surface area (Å²) in [4.78, 5) is 15.1. The minimum Gasteiger partial charge on any atom is -0.458 e. The van der Waals surface area contributed by atoms with Crippen molar-refractivity contribution in [1.29, 1.82) is 0 Å². The van der Waals surface area contributed by atoms with Crippen LogP contribution in [0.25, 0.3) is 0 Å². The molecule has 12 heteroatoms. The highest BCUT2D eigenvalue weighted by atomic mass is 16.5. The van der Waals surface area contributed by atoms with Crippen LogP contribution in [-0.2, 0) is 0 Å². The van der Waals surface area contributed by atoms with E-state index in [1.807, 2.05) is 0 Å². The molecule has 0 saturated carbocycles. The van der Waals surface area contributed by atoms with Crippen molar-refractivity contribution in [2.75, 3.05) is 34.7 Å². The third-order valence-electron chi connectivity index (χ3n) is 21.3. The van der Waals surface area contributed by atoms with Crippen LogP contribution >= 0.6 is 0 Å². The van der Waals surface area contributed by atoms with E-state index in [9.17, 15) is 0 Å². The molecule has 0 aliphatic carbocycles. The first-order chi connectivity index (χ1) is 49.5. The predicted octanol–water partition coefficient (Wildman–Crippen LogP) is 17.7. The first-order valence-electron chi connectivity index (χ1n) is 35.8. The van der Waals surface area contributed by atoms with Crippen LogP contribution in [0.15, 0.2) is 291 Å². The highest BCUT2D eigenvalue weighted by Crippen LogP contribution is 2.52. The summed E-state index contributed by atoms with van der Waals surface area (Å²) in [6, 6.07) is 107. The smallest absolute Gasteiger partial charge is 0.256 e. The van der Waals surface area contributed by atoms with Crippen LogP contribution in [-0.4, -0.2) is 36.8 Å². The molecule has 1 N–H and O–H groups in total. The molecular weight excluding hydrogens is 1240 g/mol. The molecule has 0 bridgehead atoms. The van der Waals surface area contributed by atoms with Gasteiger partial charge in [0.2, 0.25) is 0 Å². The van der Waals surface area contributed by atoms with Crippen molar-refractivity contribution in [3.63, 3.8) is 0 Å². The molecule has 0 spiro atoms. The van der Waals surface area contributed by atoms with E-state index in [0.29, 0.717) is 0 Å². The van der Waals surface area contributed by atoms with Crippen molar-refractivity contribution >= 4 is 166 Å². The van der Waals surface area contributed by atoms with Gasteiger partial charge in [-0.2, -0.15) is 0 Å². The van der Waals surface area contributed by atoms with Crippen molar-refractivity contribution in [3.05, 3.63) is 291 Å². The molecule has 0 fully saturated rings. The molecule has 0 unspecified atom stereocenters. The largest absolute Gasteiger partial charge is 0.458 e. The van der Waals surface area contributed by atoms with Gasteiger partial charge in [0.05, 0.1) is 17.1 Å². The Morgan fingerprint density at radius 3 is 0.892 bits per heavy atom. The molecule has 0 aromatic heterocycles. The topological polar surface area (TPSA) is 49.9 Å². The molecule has 6 aliphatic heterocycles. The van der Waals surface area contributed by atoms with Gasteiger partial charge in [0.1, 0.15) is 23.0 Å². The van der Waals surface area contributed by atoms with Crippen LogP contribution in [0.3, 0.4) is 0 Å². The van der Waals surface area contributed by atoms with E-state index in [4.69, 9.17) is 9.47 Å². The van der Waals surface area contributed by atoms with E-state index in [1.165, 1.54) is 49.6 Å². The summed E-state index contributed by atoms with van der Waals surface area (Å²) >= 11 is 0. The lowest BCUT2D eigenvalue weighted by atomic mass is 9.29. The lowest BCUT2D eigenvalue weighted by molar-refractivity contribution is 0.486. The molecule has 9 nitrogen and oxygen atoms in total. The molecule has 0 atom stereocenters. The highest BCUT2D eigenvalue weighted by Gasteiger charge is 2.52. The Balaban J connectivity index is 0.889. The SMILES string of the molecule is CC(C)(C)N1c2cc3c(cc2B2c4cc5c(cc4Nc4cc(N(c6ccccc6)c6ccccc6)cc1c42)N(C(C)(C)C)c1cc(N(c2ccccc2)c2ccccc2)cc2c1B5c1ccccc1O2)B1c2ccccc2Oc2cc(N(c4ccccc4)c4ccccc4)cc(c21)N3C(C)(C)C. The van der Waals surface area contributed by atoms with Crippen LogP contribution < -0.4 is 93.4 Å². The van der Waals surface area contributed by atoms with E-state index < -0.39 is 16.6 Å². The third-order valence-corrected chi connectivity index (χ3v) is 21.3. The fourth-order valence-corrected chi connectivity index (χ4v) is 17.6. The Hall–Kier alpha value is -11.7. The van der Waals surface area contributed by atoms with Gasteiger partial charge in [0, 0.05) is 108 Å². The lowest BCUT2D eigenvalue weighted by Crippen LogP contribution is -2.67. The molecule has 6 aliphatic rings. The fraction of sp³-hybridized carbons (Fsp3) is 0.133. The first-order valence-corrected chi connectivity index (χ1v) is 35.8. The van der Waals surface area contributed by atoms with Crippen LogP contribution in [0.5, 0.6) is 23.0 Å². The van der Waals surface area contributed by atoms with Gasteiger partial charge in [-0.3, -0.25) is 0 Å². The number of ether oxygens (including phenoxy) is 2. The molecule has 102 heavy (non-hydrogen) atoms. The van der Waals surface area contributed by atoms with E-state index in [0.717, 1.165) is 119 Å². The predicted molar refractivity (Wildman–Crippen MR) is 432 cm³/mol. The van der Waals surface area contributed by atoms with E-state index in [1.54, 1.807) is 0 Å². The van der Waals surface area contributed by atoms with Gasteiger partial charge in [-0.15, -0.1) is 0 Å². The van der Waals surface area contributed by atoms with Crippen LogP contribution in [0.4, 0.5) is 96.7 Å². The summed E-state index contributed by atoms with van der Waals surface area (Å²) < 4.78 is 14.6. The summed E-state index contributed by atoms with van der Waals surface area (Å²) in [5.74, 6) is 3.45. The van der Waals surface area contributed by atoms with Gasteiger partial charge in [-0.25, -0.2) is 0 Å². The number of fused-ring (bicyclic) bond motifs is 12. The number of rotatable bonds is 9. The second kappa shape index (κ2) is 22.9. The highest BCUT2D eigenvalue weighted by molar-refractivity contribution is 7.04. The number of nitrogens with one attached hydrogen (secondary N) is 1. The summed E-state index contributed by atoms with van der Waals surface area (Å²) in [6.45, 7) is 20.7. The van der Waals surface area contributed by atoms with Gasteiger partial charge >= 0.3 is 0 Å². The second-order valence-electron chi connectivity index (χ2n) is 30.9. The summed E-state index contributed by atoms with van der Waals surface area (Å²) in [5.41, 5.74) is 28.2. The Morgan fingerprint density at radius 1 is 0.245 bits per heavy atom. The molecule has 6 heterocycles. The Morgan fingerprint density at radius 2 is 0.539 bits per heavy atom. The van der Waals surface area contributed by atoms with Crippen molar-refractivity contribution in [2.24, 2.45) is 0 Å². The fourth-order valence-electron chi connectivity index (χ4n) is 17.6. The number of hydrogen-bond donors (Lipinski definition) is 1.